The summed E-state index contributed by atoms with van der Waals surface area (Å²) in [5, 5.41) is 1.76. The Balaban J connectivity index is 2.40. The van der Waals surface area contributed by atoms with E-state index in [1.165, 1.54) is 0 Å². The third-order valence-electron chi connectivity index (χ3n) is 2.36. The maximum atomic E-state index is 10.5. The quantitative estimate of drug-likeness (QED) is 0.780. The van der Waals surface area contributed by atoms with Gasteiger partial charge in [-0.05, 0) is 24.1 Å². The van der Waals surface area contributed by atoms with Gasteiger partial charge in [0.05, 0.1) is 6.04 Å². The summed E-state index contributed by atoms with van der Waals surface area (Å²) in [7, 11) is 0. The van der Waals surface area contributed by atoms with Crippen LogP contribution in [-0.2, 0) is 11.2 Å². The molecular formula is C11H11ClN2O. The van der Waals surface area contributed by atoms with Gasteiger partial charge in [0.1, 0.15) is 6.29 Å². The van der Waals surface area contributed by atoms with Crippen molar-refractivity contribution in [2.75, 3.05) is 0 Å². The number of nitrogens with one attached hydrogen (secondary N) is 1. The number of carbonyl (C=O) groups excluding carboxylic acids is 1. The van der Waals surface area contributed by atoms with E-state index < -0.39 is 6.04 Å². The Morgan fingerprint density at radius 1 is 1.53 bits per heavy atom. The number of aromatic amines is 1. The molecule has 0 saturated heterocycles. The Morgan fingerprint density at radius 3 is 3.07 bits per heavy atom. The number of hydrogen-bond donors (Lipinski definition) is 2. The molecule has 0 aliphatic rings. The Hall–Kier alpha value is -1.32. The largest absolute Gasteiger partial charge is 0.361 e. The van der Waals surface area contributed by atoms with Crippen molar-refractivity contribution in [2.45, 2.75) is 12.5 Å². The lowest BCUT2D eigenvalue weighted by molar-refractivity contribution is -0.108. The predicted octanol–water partition coefficient (Wildman–Crippen LogP) is 1.89. The van der Waals surface area contributed by atoms with E-state index in [0.29, 0.717) is 11.4 Å². The van der Waals surface area contributed by atoms with Crippen molar-refractivity contribution in [1.29, 1.82) is 0 Å². The van der Waals surface area contributed by atoms with Gasteiger partial charge in [0, 0.05) is 22.1 Å². The van der Waals surface area contributed by atoms with Crippen molar-refractivity contribution in [1.82, 2.24) is 4.98 Å². The standard InChI is InChI=1S/C11H11ClN2O/c12-8-1-2-10-7(3-9(13)6-15)5-14-11(10)4-8/h1-2,4-6,9,14H,3,13H2. The molecule has 0 amide bonds. The highest BCUT2D eigenvalue weighted by atomic mass is 35.5. The number of aldehydes is 1. The van der Waals surface area contributed by atoms with Crippen LogP contribution in [0, 0.1) is 0 Å². The molecule has 1 aromatic heterocycles. The first kappa shape index (κ1) is 10.2. The third kappa shape index (κ3) is 2.03. The van der Waals surface area contributed by atoms with Crippen LogP contribution in [0.4, 0.5) is 0 Å². The number of fused-ring (bicyclic) bond motifs is 1. The summed E-state index contributed by atoms with van der Waals surface area (Å²) in [6.45, 7) is 0. The fourth-order valence-corrected chi connectivity index (χ4v) is 1.80. The number of nitrogens with two attached hydrogens (primary N) is 1. The lowest BCUT2D eigenvalue weighted by atomic mass is 10.1. The average Bonchev–Trinajstić information content (AvgIpc) is 2.60. The van der Waals surface area contributed by atoms with Gasteiger partial charge in [0.25, 0.3) is 0 Å². The van der Waals surface area contributed by atoms with Crippen LogP contribution in [0.2, 0.25) is 5.02 Å². The van der Waals surface area contributed by atoms with E-state index in [0.717, 1.165) is 22.8 Å². The summed E-state index contributed by atoms with van der Waals surface area (Å²) >= 11 is 5.86. The lowest BCUT2D eigenvalue weighted by Crippen LogP contribution is -2.23. The SMILES string of the molecule is NC(C=O)Cc1c[nH]c2cc(Cl)ccc12. The van der Waals surface area contributed by atoms with Gasteiger partial charge in [-0.2, -0.15) is 0 Å². The fourth-order valence-electron chi connectivity index (χ4n) is 1.63. The van der Waals surface area contributed by atoms with Crippen LogP contribution < -0.4 is 5.73 Å². The zero-order valence-corrected chi connectivity index (χ0v) is 8.79. The van der Waals surface area contributed by atoms with Gasteiger partial charge in [0.2, 0.25) is 0 Å². The van der Waals surface area contributed by atoms with E-state index in [1.807, 2.05) is 24.4 Å². The first-order valence-electron chi connectivity index (χ1n) is 4.67. The van der Waals surface area contributed by atoms with Crippen LogP contribution in [-0.4, -0.2) is 17.3 Å². The van der Waals surface area contributed by atoms with E-state index in [4.69, 9.17) is 17.3 Å². The third-order valence-corrected chi connectivity index (χ3v) is 2.59. The van der Waals surface area contributed by atoms with E-state index in [1.54, 1.807) is 0 Å². The molecule has 0 fully saturated rings. The number of carbonyl (C=O) groups is 1. The van der Waals surface area contributed by atoms with Crippen molar-refractivity contribution in [2.24, 2.45) is 5.73 Å². The summed E-state index contributed by atoms with van der Waals surface area (Å²) in [6.07, 6.45) is 3.17. The first-order valence-corrected chi connectivity index (χ1v) is 5.05. The second-order valence-corrected chi connectivity index (χ2v) is 3.94. The summed E-state index contributed by atoms with van der Waals surface area (Å²) in [5.74, 6) is 0. The number of aromatic nitrogens is 1. The zero-order chi connectivity index (χ0) is 10.8. The summed E-state index contributed by atoms with van der Waals surface area (Å²) in [4.78, 5) is 13.6. The monoisotopic (exact) mass is 222 g/mol. The van der Waals surface area contributed by atoms with Crippen molar-refractivity contribution >= 4 is 28.8 Å². The smallest absolute Gasteiger partial charge is 0.137 e. The topological polar surface area (TPSA) is 58.9 Å². The zero-order valence-electron chi connectivity index (χ0n) is 8.03. The molecule has 0 saturated carbocycles. The van der Waals surface area contributed by atoms with Gasteiger partial charge in [-0.3, -0.25) is 0 Å². The van der Waals surface area contributed by atoms with E-state index in [9.17, 15) is 4.79 Å². The molecule has 4 heteroatoms. The fraction of sp³-hybridized carbons (Fsp3) is 0.182. The normalized spacial score (nSPS) is 12.9. The molecule has 1 heterocycles. The highest BCUT2D eigenvalue weighted by Gasteiger charge is 2.07. The molecule has 0 spiro atoms. The van der Waals surface area contributed by atoms with Gasteiger partial charge in [0.15, 0.2) is 0 Å². The second-order valence-electron chi connectivity index (χ2n) is 3.51. The molecule has 78 valence electrons. The molecule has 3 nitrogen and oxygen atoms in total. The van der Waals surface area contributed by atoms with Crippen LogP contribution in [0.3, 0.4) is 0 Å². The molecule has 0 bridgehead atoms. The number of hydrogen-bond acceptors (Lipinski definition) is 2. The Bertz CT molecular complexity index is 492. The maximum absolute atomic E-state index is 10.5. The molecule has 2 aromatic rings. The van der Waals surface area contributed by atoms with Crippen molar-refractivity contribution in [3.8, 4) is 0 Å². The van der Waals surface area contributed by atoms with Gasteiger partial charge < -0.3 is 15.5 Å². The van der Waals surface area contributed by atoms with Gasteiger partial charge >= 0.3 is 0 Å². The van der Waals surface area contributed by atoms with Gasteiger partial charge in [-0.1, -0.05) is 17.7 Å². The van der Waals surface area contributed by atoms with Crippen molar-refractivity contribution < 1.29 is 4.79 Å². The molecular weight excluding hydrogens is 212 g/mol. The minimum atomic E-state index is -0.445. The summed E-state index contributed by atoms with van der Waals surface area (Å²) in [5.41, 5.74) is 7.59. The first-order chi connectivity index (χ1) is 7.20. The molecule has 0 aliphatic heterocycles. The van der Waals surface area contributed by atoms with Crippen LogP contribution in [0.15, 0.2) is 24.4 Å². The lowest BCUT2D eigenvalue weighted by Gasteiger charge is -2.01. The Morgan fingerprint density at radius 2 is 2.33 bits per heavy atom. The number of rotatable bonds is 3. The van der Waals surface area contributed by atoms with Crippen LogP contribution in [0.5, 0.6) is 0 Å². The molecule has 15 heavy (non-hydrogen) atoms. The van der Waals surface area contributed by atoms with Crippen molar-refractivity contribution in [3.05, 3.63) is 35.0 Å². The summed E-state index contributed by atoms with van der Waals surface area (Å²) in [6, 6.07) is 5.17. The summed E-state index contributed by atoms with van der Waals surface area (Å²) < 4.78 is 0. The molecule has 1 unspecified atom stereocenters. The van der Waals surface area contributed by atoms with Gasteiger partial charge in [-0.15, -0.1) is 0 Å². The van der Waals surface area contributed by atoms with E-state index in [-0.39, 0.29) is 0 Å². The average molecular weight is 223 g/mol. The van der Waals surface area contributed by atoms with Crippen LogP contribution in [0.1, 0.15) is 5.56 Å². The molecule has 0 radical (unpaired) electrons. The van der Waals surface area contributed by atoms with E-state index in [2.05, 4.69) is 4.98 Å². The number of benzene rings is 1. The Kier molecular flexibility index (Phi) is 2.75. The Labute approximate surface area is 92.2 Å². The van der Waals surface area contributed by atoms with E-state index >= 15 is 0 Å². The molecule has 2 rings (SSSR count). The van der Waals surface area contributed by atoms with Gasteiger partial charge in [-0.25, -0.2) is 0 Å². The van der Waals surface area contributed by atoms with Crippen LogP contribution in [0.25, 0.3) is 10.9 Å². The number of halogens is 1. The minimum Gasteiger partial charge on any atom is -0.361 e. The number of H-pyrrole nitrogens is 1. The van der Waals surface area contributed by atoms with Crippen LogP contribution >= 0.6 is 11.6 Å². The highest BCUT2D eigenvalue weighted by Crippen LogP contribution is 2.22. The second kappa shape index (κ2) is 4.04. The maximum Gasteiger partial charge on any atom is 0.137 e. The molecule has 3 N–H and O–H groups in total. The minimum absolute atomic E-state index is 0.445. The predicted molar refractivity (Wildman–Crippen MR) is 61.1 cm³/mol. The van der Waals surface area contributed by atoms with Crippen molar-refractivity contribution in [3.63, 3.8) is 0 Å². The molecule has 1 aromatic carbocycles. The molecule has 0 aliphatic carbocycles. The highest BCUT2D eigenvalue weighted by molar-refractivity contribution is 6.31. The molecule has 1 atom stereocenters.